The third-order valence-electron chi connectivity index (χ3n) is 5.14. The van der Waals surface area contributed by atoms with Gasteiger partial charge in [0.2, 0.25) is 0 Å². The van der Waals surface area contributed by atoms with Crippen molar-refractivity contribution in [3.8, 4) is 5.75 Å². The molecule has 0 amide bonds. The lowest BCUT2D eigenvalue weighted by Gasteiger charge is -2.25. The average molecular weight is 433 g/mol. The third-order valence-corrected chi connectivity index (χ3v) is 6.04. The Hall–Kier alpha value is -2.16. The molecule has 1 saturated heterocycles. The van der Waals surface area contributed by atoms with Gasteiger partial charge in [-0.05, 0) is 52.2 Å². The predicted octanol–water partition coefficient (Wildman–Crippen LogP) is 2.35. The fourth-order valence-electron chi connectivity index (χ4n) is 3.45. The number of thiophene rings is 1. The summed E-state index contributed by atoms with van der Waals surface area (Å²) < 4.78 is 5.79. The number of nitrogens with one attached hydrogen (secondary N) is 2. The second kappa shape index (κ2) is 11.3. The van der Waals surface area contributed by atoms with Crippen LogP contribution in [-0.2, 0) is 6.54 Å². The van der Waals surface area contributed by atoms with Crippen LogP contribution in [0.4, 0.5) is 11.4 Å². The molecule has 3 rings (SSSR count). The van der Waals surface area contributed by atoms with Crippen LogP contribution in [0.25, 0.3) is 0 Å². The van der Waals surface area contributed by atoms with Crippen molar-refractivity contribution in [2.45, 2.75) is 25.8 Å². The van der Waals surface area contributed by atoms with Crippen LogP contribution in [0.15, 0.2) is 33.2 Å². The molecule has 7 nitrogen and oxygen atoms in total. The first-order chi connectivity index (χ1) is 14.5. The lowest BCUT2D eigenvalue weighted by atomic mass is 10.1. The van der Waals surface area contributed by atoms with E-state index in [0.29, 0.717) is 31.1 Å². The van der Waals surface area contributed by atoms with E-state index in [9.17, 15) is 9.59 Å². The molecule has 1 aliphatic rings. The van der Waals surface area contributed by atoms with Gasteiger partial charge in [0.05, 0.1) is 0 Å². The number of hydrogen-bond donors (Lipinski definition) is 2. The Morgan fingerprint density at radius 3 is 2.57 bits per heavy atom. The highest BCUT2D eigenvalue weighted by Crippen LogP contribution is 2.24. The Kier molecular flexibility index (Phi) is 8.48. The number of rotatable bonds is 12. The van der Waals surface area contributed by atoms with Crippen LogP contribution in [0.3, 0.4) is 0 Å². The predicted molar refractivity (Wildman–Crippen MR) is 125 cm³/mol. The molecule has 0 bridgehead atoms. The molecule has 1 aliphatic heterocycles. The standard InChI is InChI=1S/C22H32N4O3S/c1-25(2)12-9-24-20-19(21(27)22(20)28)23-8-4-7-13-29-17-14-18(30-16-17)15-26-10-5-3-6-11-26/h4,7,14,16,23-24H,3,5-6,8-13,15H2,1-2H3/b7-4-. The van der Waals surface area contributed by atoms with Crippen molar-refractivity contribution in [3.63, 3.8) is 0 Å². The molecule has 0 saturated carbocycles. The summed E-state index contributed by atoms with van der Waals surface area (Å²) in [5, 5.41) is 8.12. The lowest BCUT2D eigenvalue weighted by Crippen LogP contribution is -2.38. The zero-order valence-electron chi connectivity index (χ0n) is 17.9. The molecule has 2 N–H and O–H groups in total. The first-order valence-corrected chi connectivity index (χ1v) is 11.5. The van der Waals surface area contributed by atoms with Gasteiger partial charge in [-0.25, -0.2) is 0 Å². The first kappa shape index (κ1) is 22.5. The fraction of sp³-hybridized carbons (Fsp3) is 0.545. The summed E-state index contributed by atoms with van der Waals surface area (Å²) in [5.74, 6) is 0.902. The summed E-state index contributed by atoms with van der Waals surface area (Å²) in [6.45, 7) is 5.76. The van der Waals surface area contributed by atoms with E-state index >= 15 is 0 Å². The quantitative estimate of drug-likeness (QED) is 0.394. The van der Waals surface area contributed by atoms with Crippen LogP contribution in [0, 0.1) is 0 Å². The largest absolute Gasteiger partial charge is 0.489 e. The van der Waals surface area contributed by atoms with Gasteiger partial charge in [-0.2, -0.15) is 0 Å². The number of hydrogen-bond acceptors (Lipinski definition) is 8. The Morgan fingerprint density at radius 2 is 1.83 bits per heavy atom. The molecule has 0 atom stereocenters. The SMILES string of the molecule is CN(C)CCNc1c(NC/C=C\COc2csc(CN3CCCCC3)c2)c(=O)c1=O. The van der Waals surface area contributed by atoms with Crippen molar-refractivity contribution in [2.75, 3.05) is 64.1 Å². The van der Waals surface area contributed by atoms with Crippen LogP contribution < -0.4 is 26.2 Å². The van der Waals surface area contributed by atoms with Crippen molar-refractivity contribution in [1.82, 2.24) is 9.80 Å². The Bertz CT molecular complexity index is 893. The van der Waals surface area contributed by atoms with Gasteiger partial charge >= 0.3 is 0 Å². The lowest BCUT2D eigenvalue weighted by molar-refractivity contribution is 0.222. The van der Waals surface area contributed by atoms with E-state index in [2.05, 4.69) is 27.0 Å². The van der Waals surface area contributed by atoms with Gasteiger partial charge in [-0.3, -0.25) is 14.5 Å². The van der Waals surface area contributed by atoms with Crippen molar-refractivity contribution in [2.24, 2.45) is 0 Å². The second-order valence-corrected chi connectivity index (χ2v) is 8.88. The van der Waals surface area contributed by atoms with Gasteiger partial charge in [0.1, 0.15) is 23.7 Å². The minimum absolute atomic E-state index is 0.379. The highest BCUT2D eigenvalue weighted by molar-refractivity contribution is 7.10. The molecule has 1 fully saturated rings. The Labute approximate surface area is 182 Å². The number of likely N-dealkylation sites (tertiary alicyclic amines) is 1. The molecular weight excluding hydrogens is 400 g/mol. The third kappa shape index (κ3) is 6.42. The van der Waals surface area contributed by atoms with Crippen LogP contribution in [0.1, 0.15) is 24.1 Å². The summed E-state index contributed by atoms with van der Waals surface area (Å²) >= 11 is 1.75. The van der Waals surface area contributed by atoms with E-state index in [1.807, 2.05) is 31.1 Å². The fourth-order valence-corrected chi connectivity index (χ4v) is 4.29. The molecule has 30 heavy (non-hydrogen) atoms. The summed E-state index contributed by atoms with van der Waals surface area (Å²) in [5.41, 5.74) is -0.122. The number of nitrogens with zero attached hydrogens (tertiary/aromatic N) is 2. The molecule has 1 aromatic carbocycles. The van der Waals surface area contributed by atoms with E-state index < -0.39 is 10.9 Å². The summed E-state index contributed by atoms with van der Waals surface area (Å²) in [7, 11) is 3.92. The Morgan fingerprint density at radius 1 is 1.10 bits per heavy atom. The molecular formula is C22H32N4O3S. The molecule has 2 heterocycles. The van der Waals surface area contributed by atoms with Crippen LogP contribution in [0.2, 0.25) is 0 Å². The summed E-state index contributed by atoms with van der Waals surface area (Å²) in [6.07, 6.45) is 7.78. The highest BCUT2D eigenvalue weighted by Gasteiger charge is 2.19. The Balaban J connectivity index is 1.36. The van der Waals surface area contributed by atoms with Gasteiger partial charge in [0.25, 0.3) is 10.9 Å². The van der Waals surface area contributed by atoms with Crippen molar-refractivity contribution < 1.29 is 4.74 Å². The van der Waals surface area contributed by atoms with Crippen LogP contribution in [-0.4, -0.2) is 63.2 Å². The van der Waals surface area contributed by atoms with Gasteiger partial charge in [-0.1, -0.05) is 12.5 Å². The van der Waals surface area contributed by atoms with Crippen LogP contribution in [0.5, 0.6) is 5.75 Å². The molecule has 164 valence electrons. The smallest absolute Gasteiger partial charge is 0.253 e. The summed E-state index contributed by atoms with van der Waals surface area (Å²) in [6, 6.07) is 2.13. The molecule has 0 aliphatic carbocycles. The zero-order valence-corrected chi connectivity index (χ0v) is 18.7. The normalized spacial score (nSPS) is 15.3. The van der Waals surface area contributed by atoms with E-state index in [1.54, 1.807) is 11.3 Å². The zero-order chi connectivity index (χ0) is 21.3. The molecule has 0 unspecified atom stereocenters. The number of likely N-dealkylation sites (N-methyl/N-ethyl adjacent to an activating group) is 1. The molecule has 2 aromatic rings. The number of anilines is 2. The number of ether oxygens (including phenoxy) is 1. The van der Waals surface area contributed by atoms with Crippen LogP contribution >= 0.6 is 11.3 Å². The number of piperidine rings is 1. The minimum Gasteiger partial charge on any atom is -0.489 e. The molecule has 1 aromatic heterocycles. The maximum absolute atomic E-state index is 11.7. The van der Waals surface area contributed by atoms with E-state index in [0.717, 1.165) is 18.8 Å². The maximum Gasteiger partial charge on any atom is 0.253 e. The topological polar surface area (TPSA) is 73.9 Å². The monoisotopic (exact) mass is 432 g/mol. The van der Waals surface area contributed by atoms with Gasteiger partial charge in [0, 0.05) is 36.4 Å². The maximum atomic E-state index is 11.7. The van der Waals surface area contributed by atoms with Gasteiger partial charge in [0.15, 0.2) is 0 Å². The van der Waals surface area contributed by atoms with Crippen molar-refractivity contribution >= 4 is 22.7 Å². The second-order valence-electron chi connectivity index (χ2n) is 7.89. The van der Waals surface area contributed by atoms with Gasteiger partial charge in [-0.15, -0.1) is 11.3 Å². The van der Waals surface area contributed by atoms with Gasteiger partial charge < -0.3 is 20.3 Å². The van der Waals surface area contributed by atoms with Crippen molar-refractivity contribution in [1.29, 1.82) is 0 Å². The van der Waals surface area contributed by atoms with Crippen molar-refractivity contribution in [3.05, 3.63) is 48.9 Å². The average Bonchev–Trinajstić information content (AvgIpc) is 3.18. The van der Waals surface area contributed by atoms with E-state index in [-0.39, 0.29) is 0 Å². The first-order valence-electron chi connectivity index (χ1n) is 10.6. The molecule has 8 heteroatoms. The highest BCUT2D eigenvalue weighted by atomic mass is 32.1. The van der Waals surface area contributed by atoms with E-state index in [4.69, 9.17) is 4.74 Å². The van der Waals surface area contributed by atoms with E-state index in [1.165, 1.54) is 37.2 Å². The molecule has 0 spiro atoms. The molecule has 0 radical (unpaired) electrons. The summed E-state index contributed by atoms with van der Waals surface area (Å²) in [4.78, 5) is 29.3. The minimum atomic E-state index is -0.452.